The largest absolute Gasteiger partial charge is 0.367 e. The van der Waals surface area contributed by atoms with E-state index in [-0.39, 0.29) is 5.97 Å². The van der Waals surface area contributed by atoms with Crippen molar-refractivity contribution in [3.8, 4) is 6.07 Å². The minimum absolute atomic E-state index is 0.233. The Morgan fingerprint density at radius 1 is 1.18 bits per heavy atom. The fourth-order valence-corrected chi connectivity index (χ4v) is 2.74. The van der Waals surface area contributed by atoms with E-state index in [9.17, 15) is 10.1 Å². The highest BCUT2D eigenvalue weighted by Gasteiger charge is 2.28. The molecule has 146 valence electrons. The second-order valence-corrected chi connectivity index (χ2v) is 7.59. The van der Waals surface area contributed by atoms with Crippen LogP contribution in [0.4, 0.5) is 17.3 Å². The van der Waals surface area contributed by atoms with Crippen LogP contribution in [0.3, 0.4) is 0 Å². The van der Waals surface area contributed by atoms with Crippen molar-refractivity contribution in [2.24, 2.45) is 5.41 Å². The van der Waals surface area contributed by atoms with Crippen molar-refractivity contribution in [1.29, 1.82) is 5.26 Å². The Hall–Kier alpha value is -3.18. The van der Waals surface area contributed by atoms with Gasteiger partial charge in [0.05, 0.1) is 41.5 Å². The molecule has 1 saturated heterocycles. The van der Waals surface area contributed by atoms with Crippen molar-refractivity contribution < 1.29 is 9.63 Å². The molecule has 0 saturated carbocycles. The zero-order chi connectivity index (χ0) is 20.1. The molecule has 8 heteroatoms. The first-order chi connectivity index (χ1) is 13.4. The summed E-state index contributed by atoms with van der Waals surface area (Å²) in [5, 5.41) is 14.1. The normalized spacial score (nSPS) is 15.0. The summed E-state index contributed by atoms with van der Waals surface area (Å²) in [6.07, 6.45) is 3.32. The van der Waals surface area contributed by atoms with Crippen LogP contribution in [0.15, 0.2) is 36.7 Å². The molecule has 3 rings (SSSR count). The van der Waals surface area contributed by atoms with Gasteiger partial charge in [0.2, 0.25) is 5.95 Å². The fraction of sp³-hybridized carbons (Fsp3) is 0.400. The lowest BCUT2D eigenvalue weighted by Crippen LogP contribution is -2.48. The van der Waals surface area contributed by atoms with E-state index < -0.39 is 5.41 Å². The van der Waals surface area contributed by atoms with Crippen LogP contribution < -0.4 is 10.2 Å². The third-order valence-electron chi connectivity index (χ3n) is 4.34. The second-order valence-electron chi connectivity index (χ2n) is 7.59. The van der Waals surface area contributed by atoms with Gasteiger partial charge >= 0.3 is 5.97 Å². The lowest BCUT2D eigenvalue weighted by molar-refractivity contribution is -0.201. The number of nitriles is 1. The molecule has 1 N–H and O–H groups in total. The first-order valence-electron chi connectivity index (χ1n) is 9.17. The van der Waals surface area contributed by atoms with Crippen LogP contribution in [0.1, 0.15) is 26.3 Å². The number of nitrogens with one attached hydrogen (secondary N) is 1. The fourth-order valence-electron chi connectivity index (χ4n) is 2.74. The van der Waals surface area contributed by atoms with E-state index in [0.717, 1.165) is 11.4 Å². The van der Waals surface area contributed by atoms with E-state index in [2.05, 4.69) is 26.3 Å². The monoisotopic (exact) mass is 380 g/mol. The molecule has 0 amide bonds. The number of carbonyl (C=O) groups excluding carboxylic acids is 1. The molecule has 0 unspecified atom stereocenters. The molecule has 0 aliphatic carbocycles. The number of carbonyl (C=O) groups is 1. The zero-order valence-corrected chi connectivity index (χ0v) is 16.3. The second kappa shape index (κ2) is 8.23. The first-order valence-corrected chi connectivity index (χ1v) is 9.17. The Kier molecular flexibility index (Phi) is 5.76. The number of anilines is 3. The zero-order valence-electron chi connectivity index (χ0n) is 16.3. The van der Waals surface area contributed by atoms with Crippen LogP contribution in [0.5, 0.6) is 0 Å². The highest BCUT2D eigenvalue weighted by Crippen LogP contribution is 2.30. The summed E-state index contributed by atoms with van der Waals surface area (Å²) in [7, 11) is 0. The summed E-state index contributed by atoms with van der Waals surface area (Å²) in [6.45, 7) is 8.09. The molecular formula is C20H24N6O2. The summed E-state index contributed by atoms with van der Waals surface area (Å²) >= 11 is 0. The number of hydrogen-bond acceptors (Lipinski definition) is 8. The molecule has 1 aliphatic heterocycles. The van der Waals surface area contributed by atoms with E-state index in [4.69, 9.17) is 4.84 Å². The topological polar surface area (TPSA) is 94.4 Å². The standard InChI is InChI=1S/C20H24N6O2/c1-20(2,3)18(27)28-26-11-9-25(10-12-26)17-6-5-15(14-21)13-16(17)24-19-22-7-4-8-23-19/h4-8,13H,9-12H2,1-3H3,(H,22,23,24). The lowest BCUT2D eigenvalue weighted by Gasteiger charge is -2.36. The van der Waals surface area contributed by atoms with Gasteiger partial charge in [-0.15, -0.1) is 5.06 Å². The summed E-state index contributed by atoms with van der Waals surface area (Å²) in [6, 6.07) is 9.40. The van der Waals surface area contributed by atoms with Gasteiger partial charge in [0.25, 0.3) is 0 Å². The molecule has 28 heavy (non-hydrogen) atoms. The maximum Gasteiger partial charge on any atom is 0.330 e. The van der Waals surface area contributed by atoms with Gasteiger partial charge in [-0.25, -0.2) is 14.8 Å². The molecule has 1 aromatic heterocycles. The highest BCUT2D eigenvalue weighted by atomic mass is 16.7. The van der Waals surface area contributed by atoms with E-state index in [1.54, 1.807) is 35.7 Å². The first kappa shape index (κ1) is 19.6. The van der Waals surface area contributed by atoms with Crippen molar-refractivity contribution in [3.05, 3.63) is 42.2 Å². The van der Waals surface area contributed by atoms with Crippen LogP contribution >= 0.6 is 0 Å². The number of piperazine rings is 1. The summed E-state index contributed by atoms with van der Waals surface area (Å²) < 4.78 is 0. The minimum Gasteiger partial charge on any atom is -0.367 e. The molecule has 1 fully saturated rings. The Morgan fingerprint density at radius 2 is 1.86 bits per heavy atom. The van der Waals surface area contributed by atoms with Crippen LogP contribution in [-0.4, -0.2) is 47.2 Å². The number of hydrogen-bond donors (Lipinski definition) is 1. The average molecular weight is 380 g/mol. The van der Waals surface area contributed by atoms with Crippen molar-refractivity contribution >= 4 is 23.3 Å². The quantitative estimate of drug-likeness (QED) is 0.865. The predicted octanol–water partition coefficient (Wildman–Crippen LogP) is 2.72. The molecule has 1 aliphatic rings. The van der Waals surface area contributed by atoms with Crippen LogP contribution in [0.2, 0.25) is 0 Å². The molecule has 8 nitrogen and oxygen atoms in total. The smallest absolute Gasteiger partial charge is 0.330 e. The van der Waals surface area contributed by atoms with Crippen molar-refractivity contribution in [3.63, 3.8) is 0 Å². The molecule has 2 heterocycles. The number of aromatic nitrogens is 2. The Labute approximate surface area is 164 Å². The Bertz CT molecular complexity index is 865. The van der Waals surface area contributed by atoms with Crippen molar-refractivity contribution in [2.75, 3.05) is 36.4 Å². The van der Waals surface area contributed by atoms with Gasteiger partial charge in [0.15, 0.2) is 0 Å². The highest BCUT2D eigenvalue weighted by molar-refractivity contribution is 5.76. The average Bonchev–Trinajstić information content (AvgIpc) is 2.69. The van der Waals surface area contributed by atoms with Crippen LogP contribution in [0.25, 0.3) is 0 Å². The van der Waals surface area contributed by atoms with E-state index in [0.29, 0.717) is 37.7 Å². The Balaban J connectivity index is 1.72. The van der Waals surface area contributed by atoms with Crippen molar-refractivity contribution in [2.45, 2.75) is 20.8 Å². The number of rotatable bonds is 4. The van der Waals surface area contributed by atoms with Gasteiger partial charge in [-0.3, -0.25) is 0 Å². The summed E-state index contributed by atoms with van der Waals surface area (Å²) in [5.74, 6) is 0.236. The van der Waals surface area contributed by atoms with Crippen LogP contribution in [0, 0.1) is 16.7 Å². The number of nitrogens with zero attached hydrogens (tertiary/aromatic N) is 5. The van der Waals surface area contributed by atoms with Crippen LogP contribution in [-0.2, 0) is 9.63 Å². The molecule has 0 atom stereocenters. The molecular weight excluding hydrogens is 356 g/mol. The van der Waals surface area contributed by atoms with Gasteiger partial charge in [0, 0.05) is 25.5 Å². The van der Waals surface area contributed by atoms with E-state index in [1.807, 2.05) is 26.8 Å². The van der Waals surface area contributed by atoms with Gasteiger partial charge in [-0.2, -0.15) is 5.26 Å². The van der Waals surface area contributed by atoms with Gasteiger partial charge in [0.1, 0.15) is 0 Å². The number of benzene rings is 1. The van der Waals surface area contributed by atoms with E-state index in [1.165, 1.54) is 0 Å². The molecule has 0 bridgehead atoms. The SMILES string of the molecule is CC(C)(C)C(=O)ON1CCN(c2ccc(C#N)cc2Nc2ncccn2)CC1. The lowest BCUT2D eigenvalue weighted by atomic mass is 9.98. The molecule has 0 radical (unpaired) electrons. The Morgan fingerprint density at radius 3 is 2.46 bits per heavy atom. The third kappa shape index (κ3) is 4.75. The molecule has 0 spiro atoms. The van der Waals surface area contributed by atoms with Crippen molar-refractivity contribution in [1.82, 2.24) is 15.0 Å². The third-order valence-corrected chi connectivity index (χ3v) is 4.34. The van der Waals surface area contributed by atoms with Gasteiger partial charge in [-0.05, 0) is 45.0 Å². The van der Waals surface area contributed by atoms with E-state index >= 15 is 0 Å². The van der Waals surface area contributed by atoms with Gasteiger partial charge in [-0.1, -0.05) is 0 Å². The maximum absolute atomic E-state index is 12.1. The maximum atomic E-state index is 12.1. The molecule has 2 aromatic rings. The summed E-state index contributed by atoms with van der Waals surface area (Å²) in [5.41, 5.74) is 1.75. The number of hydroxylamine groups is 2. The van der Waals surface area contributed by atoms with Gasteiger partial charge < -0.3 is 15.1 Å². The summed E-state index contributed by atoms with van der Waals surface area (Å²) in [4.78, 5) is 28.1. The minimum atomic E-state index is -0.531. The molecule has 1 aromatic carbocycles. The predicted molar refractivity (Wildman–Crippen MR) is 106 cm³/mol.